The van der Waals surface area contributed by atoms with Gasteiger partial charge in [-0.05, 0) is 35.2 Å². The Labute approximate surface area is 104 Å². The van der Waals surface area contributed by atoms with Crippen molar-refractivity contribution < 1.29 is 9.15 Å². The lowest BCUT2D eigenvalue weighted by molar-refractivity contribution is 0.469. The van der Waals surface area contributed by atoms with Gasteiger partial charge in [0.25, 0.3) is 0 Å². The zero-order chi connectivity index (χ0) is 11.9. The quantitative estimate of drug-likeness (QED) is 0.625. The minimum atomic E-state index is 0.751. The van der Waals surface area contributed by atoms with Crippen LogP contribution in [0.4, 0.5) is 0 Å². The Morgan fingerprint density at radius 3 is 2.56 bits per heavy atom. The largest absolute Gasteiger partial charge is 0.461 e. The van der Waals surface area contributed by atoms with Crippen LogP contribution in [0.25, 0.3) is 22.6 Å². The zero-order valence-corrected chi connectivity index (χ0v) is 9.59. The molecule has 2 nitrogen and oxygen atoms in total. The highest BCUT2D eigenvalue weighted by Crippen LogP contribution is 2.37. The fraction of sp³-hybridized carbons (Fsp3) is 0. The molecule has 3 aromatic rings. The van der Waals surface area contributed by atoms with Crippen LogP contribution in [0.1, 0.15) is 11.3 Å². The van der Waals surface area contributed by atoms with E-state index in [9.17, 15) is 0 Å². The van der Waals surface area contributed by atoms with Crippen molar-refractivity contribution in [3.05, 3.63) is 66.1 Å². The molecule has 0 aliphatic carbocycles. The van der Waals surface area contributed by atoms with Gasteiger partial charge in [-0.3, -0.25) is 0 Å². The predicted octanol–water partition coefficient (Wildman–Crippen LogP) is 4.32. The van der Waals surface area contributed by atoms with Crippen molar-refractivity contribution in [2.75, 3.05) is 0 Å². The van der Waals surface area contributed by atoms with Crippen molar-refractivity contribution in [1.82, 2.24) is 0 Å². The van der Waals surface area contributed by atoms with E-state index in [4.69, 9.17) is 9.15 Å². The van der Waals surface area contributed by atoms with E-state index in [0.717, 1.165) is 22.7 Å². The molecule has 2 heteroatoms. The molecule has 2 aromatic carbocycles. The summed E-state index contributed by atoms with van der Waals surface area (Å²) in [5, 5.41) is 2.36. The number of hydrogen-bond acceptors (Lipinski definition) is 2. The number of furan rings is 1. The Morgan fingerprint density at radius 2 is 1.72 bits per heavy atom. The van der Waals surface area contributed by atoms with Crippen molar-refractivity contribution in [1.29, 1.82) is 0 Å². The van der Waals surface area contributed by atoms with Crippen LogP contribution in [0.5, 0.6) is 5.75 Å². The van der Waals surface area contributed by atoms with Gasteiger partial charge in [-0.2, -0.15) is 0 Å². The molecule has 0 spiro atoms. The lowest BCUT2D eigenvalue weighted by atomic mass is 10.0. The second-order valence-electron chi connectivity index (χ2n) is 4.29. The average Bonchev–Trinajstić information content (AvgIpc) is 2.93. The summed E-state index contributed by atoms with van der Waals surface area (Å²) in [5.41, 5.74) is 1.17. The summed E-state index contributed by atoms with van der Waals surface area (Å²) >= 11 is 0. The van der Waals surface area contributed by atoms with Crippen molar-refractivity contribution in [2.24, 2.45) is 0 Å². The highest BCUT2D eigenvalue weighted by molar-refractivity contribution is 6.01. The summed E-state index contributed by atoms with van der Waals surface area (Å²) < 4.78 is 11.3. The summed E-state index contributed by atoms with van der Waals surface area (Å²) in [5.74, 6) is 2.39. The van der Waals surface area contributed by atoms with E-state index in [1.807, 2.05) is 30.3 Å². The highest BCUT2D eigenvalue weighted by atomic mass is 16.5. The molecule has 0 fully saturated rings. The van der Waals surface area contributed by atoms with Gasteiger partial charge < -0.3 is 9.15 Å². The lowest BCUT2D eigenvalue weighted by Crippen LogP contribution is -1.99. The third-order valence-corrected chi connectivity index (χ3v) is 3.17. The van der Waals surface area contributed by atoms with Crippen molar-refractivity contribution in [3.63, 3.8) is 0 Å². The van der Waals surface area contributed by atoms with Gasteiger partial charge >= 0.3 is 0 Å². The molecule has 1 aromatic heterocycles. The monoisotopic (exact) mass is 234 g/mol. The topological polar surface area (TPSA) is 22.4 Å². The third-order valence-electron chi connectivity index (χ3n) is 3.17. The van der Waals surface area contributed by atoms with Crippen LogP contribution in [0.3, 0.4) is 0 Å². The number of rotatable bonds is 1. The van der Waals surface area contributed by atoms with Gasteiger partial charge in [0.15, 0.2) is 11.5 Å². The second kappa shape index (κ2) is 3.50. The van der Waals surface area contributed by atoms with Crippen LogP contribution in [-0.4, -0.2) is 0 Å². The summed E-state index contributed by atoms with van der Waals surface area (Å²) in [4.78, 5) is 0. The Balaban J connectivity index is 2.00. The summed E-state index contributed by atoms with van der Waals surface area (Å²) in [6.45, 7) is 0. The average molecular weight is 234 g/mol. The van der Waals surface area contributed by atoms with Crippen molar-refractivity contribution in [2.45, 2.75) is 0 Å². The molecule has 0 N–H and O–H groups in total. The molecule has 18 heavy (non-hydrogen) atoms. The van der Waals surface area contributed by atoms with E-state index < -0.39 is 0 Å². The van der Waals surface area contributed by atoms with Crippen LogP contribution in [-0.2, 0) is 0 Å². The molecule has 0 bridgehead atoms. The highest BCUT2D eigenvalue weighted by Gasteiger charge is 2.17. The Morgan fingerprint density at radius 1 is 0.833 bits per heavy atom. The SMILES string of the molecule is C1=C(c2ccco2)Oc2cccc3cccc1c23. The first-order valence-electron chi connectivity index (χ1n) is 5.87. The molecule has 1 aliphatic heterocycles. The Kier molecular flexibility index (Phi) is 1.86. The van der Waals surface area contributed by atoms with E-state index in [2.05, 4.69) is 24.3 Å². The summed E-state index contributed by atoms with van der Waals surface area (Å²) in [7, 11) is 0. The van der Waals surface area contributed by atoms with Gasteiger partial charge in [-0.25, -0.2) is 0 Å². The standard InChI is InChI=1S/C16H10O2/c1-4-11-5-2-7-14-16(11)12(6-1)10-15(18-14)13-8-3-9-17-13/h1-10H. The Hall–Kier alpha value is -2.48. The van der Waals surface area contributed by atoms with Crippen LogP contribution in [0.2, 0.25) is 0 Å². The van der Waals surface area contributed by atoms with Crippen molar-refractivity contribution in [3.8, 4) is 5.75 Å². The molecule has 0 saturated heterocycles. The normalized spacial score (nSPS) is 13.2. The van der Waals surface area contributed by atoms with Gasteiger partial charge in [0, 0.05) is 5.39 Å². The molecule has 4 rings (SSSR count). The third kappa shape index (κ3) is 1.29. The first kappa shape index (κ1) is 9.54. The van der Waals surface area contributed by atoms with E-state index >= 15 is 0 Å². The smallest absolute Gasteiger partial charge is 0.170 e. The molecule has 0 atom stereocenters. The summed E-state index contributed by atoms with van der Waals surface area (Å²) in [6.07, 6.45) is 3.68. The molecule has 0 radical (unpaired) electrons. The van der Waals surface area contributed by atoms with Gasteiger partial charge in [-0.15, -0.1) is 0 Å². The van der Waals surface area contributed by atoms with E-state index in [1.54, 1.807) is 6.26 Å². The van der Waals surface area contributed by atoms with Gasteiger partial charge in [0.1, 0.15) is 5.75 Å². The minimum absolute atomic E-state index is 0.751. The van der Waals surface area contributed by atoms with Crippen molar-refractivity contribution >= 4 is 22.6 Å². The summed E-state index contributed by atoms with van der Waals surface area (Å²) in [6, 6.07) is 16.1. The van der Waals surface area contributed by atoms with Crippen LogP contribution < -0.4 is 4.74 Å². The molecular weight excluding hydrogens is 224 g/mol. The first-order chi connectivity index (χ1) is 8.92. The number of hydrogen-bond donors (Lipinski definition) is 0. The van der Waals surface area contributed by atoms with E-state index in [-0.39, 0.29) is 0 Å². The fourth-order valence-corrected chi connectivity index (χ4v) is 2.37. The van der Waals surface area contributed by atoms with Crippen LogP contribution in [0.15, 0.2) is 59.2 Å². The lowest BCUT2D eigenvalue weighted by Gasteiger charge is -2.17. The molecule has 2 heterocycles. The van der Waals surface area contributed by atoms with E-state index in [1.165, 1.54) is 10.9 Å². The zero-order valence-electron chi connectivity index (χ0n) is 9.59. The van der Waals surface area contributed by atoms with Crippen LogP contribution >= 0.6 is 0 Å². The number of benzene rings is 2. The first-order valence-corrected chi connectivity index (χ1v) is 5.87. The fourth-order valence-electron chi connectivity index (χ4n) is 2.37. The molecular formula is C16H10O2. The van der Waals surface area contributed by atoms with Gasteiger partial charge in [0.05, 0.1) is 6.26 Å². The maximum absolute atomic E-state index is 5.92. The molecule has 0 saturated carbocycles. The van der Waals surface area contributed by atoms with Crippen LogP contribution in [0, 0.1) is 0 Å². The molecule has 0 amide bonds. The second-order valence-corrected chi connectivity index (χ2v) is 4.29. The van der Waals surface area contributed by atoms with E-state index in [0.29, 0.717) is 0 Å². The molecule has 1 aliphatic rings. The Bertz CT molecular complexity index is 747. The maximum atomic E-state index is 5.92. The van der Waals surface area contributed by atoms with Gasteiger partial charge in [0.2, 0.25) is 0 Å². The maximum Gasteiger partial charge on any atom is 0.170 e. The minimum Gasteiger partial charge on any atom is -0.461 e. The predicted molar refractivity (Wildman–Crippen MR) is 71.2 cm³/mol. The molecule has 0 unspecified atom stereocenters. The number of ether oxygens (including phenoxy) is 1. The van der Waals surface area contributed by atoms with Gasteiger partial charge in [-0.1, -0.05) is 30.3 Å². The molecule has 86 valence electrons.